The second-order valence-corrected chi connectivity index (χ2v) is 9.59. The van der Waals surface area contributed by atoms with Crippen LogP contribution in [0.25, 0.3) is 5.70 Å². The summed E-state index contributed by atoms with van der Waals surface area (Å²) in [6.07, 6.45) is 7.00. The lowest BCUT2D eigenvalue weighted by molar-refractivity contribution is 0.167. The van der Waals surface area contributed by atoms with Crippen LogP contribution in [0.2, 0.25) is 0 Å². The molecule has 6 heteroatoms. The number of halogens is 1. The Morgan fingerprint density at radius 2 is 2.06 bits per heavy atom. The highest BCUT2D eigenvalue weighted by atomic mass is 19.1. The number of hydrogen-bond donors (Lipinski definition) is 2. The number of anilines is 2. The van der Waals surface area contributed by atoms with Crippen molar-refractivity contribution < 1.29 is 9.13 Å². The van der Waals surface area contributed by atoms with Crippen LogP contribution in [-0.4, -0.2) is 18.1 Å². The molecule has 186 valence electrons. The molecule has 1 atom stereocenters. The third-order valence-corrected chi connectivity index (χ3v) is 6.97. The Morgan fingerprint density at radius 1 is 1.22 bits per heavy atom. The lowest BCUT2D eigenvalue weighted by atomic mass is 9.97. The Labute approximate surface area is 212 Å². The summed E-state index contributed by atoms with van der Waals surface area (Å²) in [4.78, 5) is 6.36. The van der Waals surface area contributed by atoms with E-state index in [2.05, 4.69) is 64.9 Å². The molecule has 36 heavy (non-hydrogen) atoms. The zero-order valence-electron chi connectivity index (χ0n) is 21.0. The third kappa shape index (κ3) is 4.94. The molecule has 5 nitrogen and oxygen atoms in total. The first-order valence-electron chi connectivity index (χ1n) is 12.5. The van der Waals surface area contributed by atoms with Gasteiger partial charge in [-0.15, -0.1) is 0 Å². The van der Waals surface area contributed by atoms with Crippen molar-refractivity contribution in [1.82, 2.24) is 10.3 Å². The normalized spacial score (nSPS) is 16.5. The van der Waals surface area contributed by atoms with Gasteiger partial charge < -0.3 is 20.3 Å². The average Bonchev–Trinajstić information content (AvgIpc) is 3.71. The molecule has 5 rings (SSSR count). The Hall–Kier alpha value is -3.80. The average molecular weight is 485 g/mol. The molecule has 2 aliphatic rings. The first kappa shape index (κ1) is 23.9. The van der Waals surface area contributed by atoms with Crippen molar-refractivity contribution in [3.05, 3.63) is 102 Å². The van der Waals surface area contributed by atoms with Crippen LogP contribution in [0.3, 0.4) is 0 Å². The highest BCUT2D eigenvalue weighted by Crippen LogP contribution is 2.39. The number of rotatable bonds is 9. The molecule has 0 amide bonds. The predicted octanol–water partition coefficient (Wildman–Crippen LogP) is 6.51. The van der Waals surface area contributed by atoms with Crippen LogP contribution < -0.4 is 20.3 Å². The van der Waals surface area contributed by atoms with E-state index in [1.54, 1.807) is 12.3 Å². The lowest BCUT2D eigenvalue weighted by Gasteiger charge is -2.30. The number of fused-ring (bicyclic) bond motifs is 1. The van der Waals surface area contributed by atoms with Gasteiger partial charge in [-0.05, 0) is 79.3 Å². The van der Waals surface area contributed by atoms with Crippen molar-refractivity contribution >= 4 is 17.1 Å². The minimum atomic E-state index is -0.396. The smallest absolute Gasteiger partial charge is 0.148 e. The first-order chi connectivity index (χ1) is 17.5. The fourth-order valence-electron chi connectivity index (χ4n) is 4.80. The maximum absolute atomic E-state index is 14.4. The van der Waals surface area contributed by atoms with E-state index in [9.17, 15) is 4.39 Å². The molecular weight excluding hydrogens is 451 g/mol. The second-order valence-electron chi connectivity index (χ2n) is 9.59. The van der Waals surface area contributed by atoms with Crippen LogP contribution in [0.1, 0.15) is 53.3 Å². The van der Waals surface area contributed by atoms with E-state index in [4.69, 9.17) is 4.74 Å². The monoisotopic (exact) mass is 484 g/mol. The van der Waals surface area contributed by atoms with Crippen molar-refractivity contribution in [3.63, 3.8) is 0 Å². The van der Waals surface area contributed by atoms with E-state index in [0.717, 1.165) is 51.5 Å². The summed E-state index contributed by atoms with van der Waals surface area (Å²) in [5.41, 5.74) is 7.90. The molecule has 2 N–H and O–H groups in total. The maximum Gasteiger partial charge on any atom is 0.148 e. The summed E-state index contributed by atoms with van der Waals surface area (Å²) < 4.78 is 20.6. The van der Waals surface area contributed by atoms with E-state index in [-0.39, 0.29) is 5.82 Å². The quantitative estimate of drug-likeness (QED) is 0.363. The molecule has 2 heterocycles. The second kappa shape index (κ2) is 10.1. The Morgan fingerprint density at radius 3 is 2.78 bits per heavy atom. The van der Waals surface area contributed by atoms with Gasteiger partial charge in [-0.25, -0.2) is 4.39 Å². The van der Waals surface area contributed by atoms with Gasteiger partial charge in [-0.3, -0.25) is 4.98 Å². The number of benzene rings is 2. The number of pyridine rings is 1. The SMILES string of the molecule is C=CN(Cc1ccc(C(=C)NC2CC2)cc1NC)c1cc2c(cc1C)CCC(c1ncccc1F)O2. The van der Waals surface area contributed by atoms with E-state index in [1.165, 1.54) is 18.9 Å². The van der Waals surface area contributed by atoms with Crippen molar-refractivity contribution in [3.8, 4) is 5.75 Å². The topological polar surface area (TPSA) is 49.4 Å². The van der Waals surface area contributed by atoms with Crippen LogP contribution in [0, 0.1) is 12.7 Å². The molecule has 0 bridgehead atoms. The molecule has 1 aromatic heterocycles. The molecule has 0 radical (unpaired) electrons. The van der Waals surface area contributed by atoms with Crippen LogP contribution in [0.5, 0.6) is 5.75 Å². The summed E-state index contributed by atoms with van der Waals surface area (Å²) in [5, 5.41) is 6.82. The largest absolute Gasteiger partial charge is 0.484 e. The molecule has 1 aliphatic carbocycles. The van der Waals surface area contributed by atoms with E-state index >= 15 is 0 Å². The number of nitrogens with zero attached hydrogens (tertiary/aromatic N) is 2. The molecule has 2 aromatic carbocycles. The first-order valence-corrected chi connectivity index (χ1v) is 12.5. The predicted molar refractivity (Wildman–Crippen MR) is 145 cm³/mol. The summed E-state index contributed by atoms with van der Waals surface area (Å²) >= 11 is 0. The zero-order chi connectivity index (χ0) is 25.2. The van der Waals surface area contributed by atoms with Crippen LogP contribution in [0.15, 0.2) is 68.0 Å². The van der Waals surface area contributed by atoms with Crippen molar-refractivity contribution in [2.24, 2.45) is 0 Å². The van der Waals surface area contributed by atoms with Gasteiger partial charge in [-0.2, -0.15) is 0 Å². The van der Waals surface area contributed by atoms with Gasteiger partial charge in [0.05, 0.1) is 0 Å². The summed E-state index contributed by atoms with van der Waals surface area (Å²) in [6, 6.07) is 14.2. The number of nitrogens with one attached hydrogen (secondary N) is 2. The number of hydrogen-bond acceptors (Lipinski definition) is 5. The number of ether oxygens (including phenoxy) is 1. The number of aryl methyl sites for hydroxylation is 2. The maximum atomic E-state index is 14.4. The zero-order valence-corrected chi connectivity index (χ0v) is 21.0. The lowest BCUT2D eigenvalue weighted by Crippen LogP contribution is -2.20. The van der Waals surface area contributed by atoms with Gasteiger partial charge in [0.1, 0.15) is 23.4 Å². The number of aromatic nitrogens is 1. The van der Waals surface area contributed by atoms with Gasteiger partial charge in [0.15, 0.2) is 0 Å². The fourth-order valence-corrected chi connectivity index (χ4v) is 4.80. The molecule has 1 aliphatic heterocycles. The molecular formula is C30H33FN4O. The third-order valence-electron chi connectivity index (χ3n) is 6.97. The van der Waals surface area contributed by atoms with Crippen LogP contribution in [-0.2, 0) is 13.0 Å². The van der Waals surface area contributed by atoms with Crippen LogP contribution in [0.4, 0.5) is 15.8 Å². The Bertz CT molecular complexity index is 1300. The fraction of sp³-hybridized carbons (Fsp3) is 0.300. The van der Waals surface area contributed by atoms with Crippen molar-refractivity contribution in [1.29, 1.82) is 0 Å². The van der Waals surface area contributed by atoms with Gasteiger partial charge >= 0.3 is 0 Å². The van der Waals surface area contributed by atoms with E-state index < -0.39 is 6.10 Å². The molecule has 1 saturated carbocycles. The van der Waals surface area contributed by atoms with Gasteiger partial charge in [0.2, 0.25) is 0 Å². The molecule has 0 spiro atoms. The highest BCUT2D eigenvalue weighted by molar-refractivity contribution is 5.69. The van der Waals surface area contributed by atoms with E-state index in [1.807, 2.05) is 19.3 Å². The Kier molecular flexibility index (Phi) is 6.68. The molecule has 1 unspecified atom stereocenters. The van der Waals surface area contributed by atoms with Gasteiger partial charge in [0.25, 0.3) is 0 Å². The van der Waals surface area contributed by atoms with Crippen molar-refractivity contribution in [2.75, 3.05) is 17.3 Å². The summed E-state index contributed by atoms with van der Waals surface area (Å²) in [7, 11) is 1.94. The summed E-state index contributed by atoms with van der Waals surface area (Å²) in [5.74, 6) is 0.444. The van der Waals surface area contributed by atoms with Gasteiger partial charge in [0, 0.05) is 49.0 Å². The minimum absolute atomic E-state index is 0.330. The van der Waals surface area contributed by atoms with Gasteiger partial charge in [-0.1, -0.05) is 31.4 Å². The van der Waals surface area contributed by atoms with Crippen molar-refractivity contribution in [2.45, 2.75) is 51.3 Å². The highest BCUT2D eigenvalue weighted by Gasteiger charge is 2.26. The molecule has 3 aromatic rings. The molecule has 1 fully saturated rings. The molecule has 0 saturated heterocycles. The Balaban J connectivity index is 1.39. The van der Waals surface area contributed by atoms with E-state index in [0.29, 0.717) is 24.7 Å². The minimum Gasteiger partial charge on any atom is -0.484 e. The van der Waals surface area contributed by atoms with Crippen LogP contribution >= 0.6 is 0 Å². The standard InChI is InChI=1S/C30H33FN4O/c1-5-35(18-23-9-8-21(16-26(23)32-4)20(3)34-24-11-12-24)27-17-29-22(15-19(27)2)10-13-28(36-29)30-25(31)7-6-14-33-30/h5-9,14-17,24,28,32,34H,1,3,10-13,18H2,2,4H3. The summed E-state index contributed by atoms with van der Waals surface area (Å²) in [6.45, 7) is 11.0.